The largest absolute Gasteiger partial charge is 0.315 e. The maximum atomic E-state index is 5.96. The Hall–Kier alpha value is -0.900. The zero-order valence-electron chi connectivity index (χ0n) is 10.2. The molecule has 18 heavy (non-hydrogen) atoms. The van der Waals surface area contributed by atoms with Gasteiger partial charge in [-0.2, -0.15) is 0 Å². The molecular formula is C14H15ClN2S. The maximum absolute atomic E-state index is 5.96. The first-order valence-corrected chi connectivity index (χ1v) is 7.32. The second-order valence-corrected chi connectivity index (χ2v) is 6.42. The lowest BCUT2D eigenvalue weighted by Crippen LogP contribution is -2.58. The highest BCUT2D eigenvalue weighted by atomic mass is 35.5. The summed E-state index contributed by atoms with van der Waals surface area (Å²) in [5.41, 5.74) is 2.76. The Morgan fingerprint density at radius 2 is 2.06 bits per heavy atom. The minimum atomic E-state index is 0.200. The normalized spacial score (nSPS) is 17.4. The number of benzene rings is 1. The Bertz CT molecular complexity index is 543. The van der Waals surface area contributed by atoms with Crippen LogP contribution >= 0.6 is 22.9 Å². The maximum Gasteiger partial charge on any atom is 0.0897 e. The van der Waals surface area contributed by atoms with Crippen molar-refractivity contribution < 1.29 is 0 Å². The van der Waals surface area contributed by atoms with E-state index >= 15 is 0 Å². The van der Waals surface area contributed by atoms with E-state index in [0.717, 1.165) is 29.5 Å². The number of halogens is 1. The van der Waals surface area contributed by atoms with Gasteiger partial charge < -0.3 is 5.32 Å². The van der Waals surface area contributed by atoms with E-state index in [9.17, 15) is 0 Å². The molecule has 0 bridgehead atoms. The van der Waals surface area contributed by atoms with E-state index in [1.54, 1.807) is 11.3 Å². The highest BCUT2D eigenvalue weighted by molar-refractivity contribution is 7.09. The zero-order chi connectivity index (χ0) is 12.6. The Balaban J connectivity index is 1.88. The standard InChI is InChI=1S/C14H15ClN2S/c1-10-17-13(7-18-10)6-14(8-16-9-14)11-2-4-12(15)5-3-11/h2-5,7,16H,6,8-9H2,1H3. The van der Waals surface area contributed by atoms with Gasteiger partial charge in [-0.05, 0) is 24.6 Å². The molecular weight excluding hydrogens is 264 g/mol. The second-order valence-electron chi connectivity index (χ2n) is 4.93. The van der Waals surface area contributed by atoms with Gasteiger partial charge in [0.1, 0.15) is 0 Å². The molecule has 0 unspecified atom stereocenters. The van der Waals surface area contributed by atoms with Gasteiger partial charge in [-0.3, -0.25) is 0 Å². The molecule has 0 saturated carbocycles. The molecule has 4 heteroatoms. The molecule has 94 valence electrons. The molecule has 1 aliphatic rings. The molecule has 0 amide bonds. The van der Waals surface area contributed by atoms with E-state index in [0.29, 0.717) is 0 Å². The number of nitrogens with zero attached hydrogens (tertiary/aromatic N) is 1. The second kappa shape index (κ2) is 4.65. The van der Waals surface area contributed by atoms with Gasteiger partial charge in [0.05, 0.1) is 10.7 Å². The van der Waals surface area contributed by atoms with Gasteiger partial charge in [-0.1, -0.05) is 23.7 Å². The van der Waals surface area contributed by atoms with Gasteiger partial charge in [-0.15, -0.1) is 11.3 Å². The fourth-order valence-corrected chi connectivity index (χ4v) is 3.24. The van der Waals surface area contributed by atoms with Gasteiger partial charge in [-0.25, -0.2) is 4.98 Å². The Morgan fingerprint density at radius 1 is 1.33 bits per heavy atom. The third kappa shape index (κ3) is 2.18. The molecule has 1 aliphatic heterocycles. The predicted octanol–water partition coefficient (Wildman–Crippen LogP) is 3.19. The molecule has 2 heterocycles. The van der Waals surface area contributed by atoms with E-state index in [-0.39, 0.29) is 5.41 Å². The molecule has 1 fully saturated rings. The molecule has 0 atom stereocenters. The number of rotatable bonds is 3. The number of aryl methyl sites for hydroxylation is 1. The smallest absolute Gasteiger partial charge is 0.0897 e. The average Bonchev–Trinajstić information content (AvgIpc) is 2.71. The monoisotopic (exact) mass is 278 g/mol. The number of thiazole rings is 1. The van der Waals surface area contributed by atoms with Crippen LogP contribution in [-0.4, -0.2) is 18.1 Å². The minimum absolute atomic E-state index is 0.200. The van der Waals surface area contributed by atoms with Crippen molar-refractivity contribution in [2.45, 2.75) is 18.8 Å². The van der Waals surface area contributed by atoms with Gasteiger partial charge in [0, 0.05) is 35.3 Å². The quantitative estimate of drug-likeness (QED) is 0.933. The van der Waals surface area contributed by atoms with Crippen molar-refractivity contribution in [2.75, 3.05) is 13.1 Å². The minimum Gasteiger partial charge on any atom is -0.315 e. The molecule has 2 nitrogen and oxygen atoms in total. The summed E-state index contributed by atoms with van der Waals surface area (Å²) in [6.07, 6.45) is 1.01. The summed E-state index contributed by atoms with van der Waals surface area (Å²) >= 11 is 7.68. The van der Waals surface area contributed by atoms with Crippen molar-refractivity contribution in [1.29, 1.82) is 0 Å². The molecule has 1 N–H and O–H groups in total. The van der Waals surface area contributed by atoms with Gasteiger partial charge >= 0.3 is 0 Å². The summed E-state index contributed by atoms with van der Waals surface area (Å²) in [7, 11) is 0. The molecule has 1 aromatic heterocycles. The summed E-state index contributed by atoms with van der Waals surface area (Å²) in [6.45, 7) is 4.10. The van der Waals surface area contributed by atoms with Crippen LogP contribution in [0.5, 0.6) is 0 Å². The van der Waals surface area contributed by atoms with Crippen molar-refractivity contribution in [3.05, 3.63) is 50.9 Å². The van der Waals surface area contributed by atoms with Crippen LogP contribution in [0.4, 0.5) is 0 Å². The Labute approximate surface area is 116 Å². The summed E-state index contributed by atoms with van der Waals surface area (Å²) in [5, 5.41) is 7.50. The zero-order valence-corrected chi connectivity index (χ0v) is 11.8. The fraction of sp³-hybridized carbons (Fsp3) is 0.357. The lowest BCUT2D eigenvalue weighted by Gasteiger charge is -2.43. The average molecular weight is 279 g/mol. The van der Waals surface area contributed by atoms with Crippen LogP contribution in [0.1, 0.15) is 16.3 Å². The molecule has 0 spiro atoms. The van der Waals surface area contributed by atoms with Crippen molar-refractivity contribution in [1.82, 2.24) is 10.3 Å². The highest BCUT2D eigenvalue weighted by Gasteiger charge is 2.39. The molecule has 3 rings (SSSR count). The van der Waals surface area contributed by atoms with E-state index in [4.69, 9.17) is 11.6 Å². The predicted molar refractivity (Wildman–Crippen MR) is 76.6 cm³/mol. The van der Waals surface area contributed by atoms with Crippen LogP contribution in [0.25, 0.3) is 0 Å². The van der Waals surface area contributed by atoms with Crippen molar-refractivity contribution in [3.8, 4) is 0 Å². The van der Waals surface area contributed by atoms with Crippen LogP contribution < -0.4 is 5.32 Å². The van der Waals surface area contributed by atoms with Crippen molar-refractivity contribution >= 4 is 22.9 Å². The van der Waals surface area contributed by atoms with E-state index in [1.165, 1.54) is 11.3 Å². The molecule has 2 aromatic rings. The molecule has 0 radical (unpaired) electrons. The van der Waals surface area contributed by atoms with Crippen LogP contribution in [0, 0.1) is 6.92 Å². The van der Waals surface area contributed by atoms with Crippen molar-refractivity contribution in [2.24, 2.45) is 0 Å². The number of nitrogens with one attached hydrogen (secondary N) is 1. The molecule has 1 aromatic carbocycles. The van der Waals surface area contributed by atoms with E-state index in [2.05, 4.69) is 34.7 Å². The third-order valence-corrected chi connectivity index (χ3v) is 4.64. The summed E-state index contributed by atoms with van der Waals surface area (Å²) in [4.78, 5) is 4.59. The summed E-state index contributed by atoms with van der Waals surface area (Å²) < 4.78 is 0. The number of hydrogen-bond acceptors (Lipinski definition) is 3. The topological polar surface area (TPSA) is 24.9 Å². The fourth-order valence-electron chi connectivity index (χ4n) is 2.50. The van der Waals surface area contributed by atoms with Crippen molar-refractivity contribution in [3.63, 3.8) is 0 Å². The van der Waals surface area contributed by atoms with Gasteiger partial charge in [0.25, 0.3) is 0 Å². The first-order chi connectivity index (χ1) is 8.68. The lowest BCUT2D eigenvalue weighted by atomic mass is 9.72. The highest BCUT2D eigenvalue weighted by Crippen LogP contribution is 2.33. The molecule has 1 saturated heterocycles. The Morgan fingerprint density at radius 3 is 2.56 bits per heavy atom. The van der Waals surface area contributed by atoms with E-state index < -0.39 is 0 Å². The molecule has 0 aliphatic carbocycles. The Kier molecular flexibility index (Phi) is 3.14. The van der Waals surface area contributed by atoms with Crippen LogP contribution in [-0.2, 0) is 11.8 Å². The van der Waals surface area contributed by atoms with Crippen LogP contribution in [0.2, 0.25) is 5.02 Å². The van der Waals surface area contributed by atoms with E-state index in [1.807, 2.05) is 12.1 Å². The number of aromatic nitrogens is 1. The van der Waals surface area contributed by atoms with Gasteiger partial charge in [0.15, 0.2) is 0 Å². The van der Waals surface area contributed by atoms with Gasteiger partial charge in [0.2, 0.25) is 0 Å². The summed E-state index contributed by atoms with van der Waals surface area (Å²) in [5.74, 6) is 0. The number of hydrogen-bond donors (Lipinski definition) is 1. The third-order valence-electron chi connectivity index (χ3n) is 3.57. The summed E-state index contributed by atoms with van der Waals surface area (Å²) in [6, 6.07) is 8.23. The lowest BCUT2D eigenvalue weighted by molar-refractivity contribution is 0.273. The first kappa shape index (κ1) is 12.2. The SMILES string of the molecule is Cc1nc(CC2(c3ccc(Cl)cc3)CNC2)cs1. The van der Waals surface area contributed by atoms with Crippen LogP contribution in [0.3, 0.4) is 0 Å². The van der Waals surface area contributed by atoms with Crippen LogP contribution in [0.15, 0.2) is 29.6 Å². The first-order valence-electron chi connectivity index (χ1n) is 6.06.